The molecule has 152 valence electrons. The van der Waals surface area contributed by atoms with Crippen LogP contribution < -0.4 is 10.5 Å². The van der Waals surface area contributed by atoms with Crippen LogP contribution in [0.5, 0.6) is 5.75 Å². The molecule has 5 rings (SSSR count). The third kappa shape index (κ3) is 2.82. The van der Waals surface area contributed by atoms with Crippen molar-refractivity contribution in [3.8, 4) is 17.0 Å². The number of rotatable bonds is 5. The van der Waals surface area contributed by atoms with E-state index in [1.54, 1.807) is 23.5 Å². The molecule has 11 heteroatoms. The summed E-state index contributed by atoms with van der Waals surface area (Å²) in [6, 6.07) is 9.97. The molecule has 0 aliphatic carbocycles. The molecule has 30 heavy (non-hydrogen) atoms. The van der Waals surface area contributed by atoms with Gasteiger partial charge in [-0.3, -0.25) is 0 Å². The van der Waals surface area contributed by atoms with E-state index in [0.717, 1.165) is 20.7 Å². The van der Waals surface area contributed by atoms with Gasteiger partial charge in [-0.2, -0.15) is 4.52 Å². The molecule has 1 aromatic carbocycles. The van der Waals surface area contributed by atoms with Gasteiger partial charge in [0.15, 0.2) is 5.65 Å². The molecule has 0 spiro atoms. The van der Waals surface area contributed by atoms with Crippen molar-refractivity contribution in [3.63, 3.8) is 0 Å². The minimum atomic E-state index is -3.93. The molecule has 4 aromatic heterocycles. The zero-order valence-corrected chi connectivity index (χ0v) is 18.1. The maximum atomic E-state index is 13.3. The number of methoxy groups -OCH3 is 1. The van der Waals surface area contributed by atoms with Crippen LogP contribution in [0.4, 0.5) is 0 Å². The number of nitrogens with zero attached hydrogens (tertiary/aromatic N) is 4. The van der Waals surface area contributed by atoms with Crippen molar-refractivity contribution in [2.45, 2.75) is 16.5 Å². The Hall–Kier alpha value is -2.86. The van der Waals surface area contributed by atoms with Crippen molar-refractivity contribution in [2.24, 2.45) is 5.73 Å². The van der Waals surface area contributed by atoms with E-state index in [1.807, 2.05) is 22.9 Å². The van der Waals surface area contributed by atoms with Gasteiger partial charge in [0.2, 0.25) is 14.9 Å². The highest BCUT2D eigenvalue weighted by Gasteiger charge is 2.28. The third-order valence-corrected chi connectivity index (χ3v) is 8.25. The maximum absolute atomic E-state index is 13.3. The van der Waals surface area contributed by atoms with Crippen molar-refractivity contribution in [1.29, 1.82) is 0 Å². The number of hydrogen-bond acceptors (Lipinski definition) is 9. The number of hydrogen-bond donors (Lipinski definition) is 1. The average molecular weight is 458 g/mol. The number of thiophene rings is 2. The van der Waals surface area contributed by atoms with Crippen LogP contribution in [0.25, 0.3) is 27.1 Å². The summed E-state index contributed by atoms with van der Waals surface area (Å²) in [6.45, 7) is 0.376. The number of nitrogens with two attached hydrogens (primary N) is 1. The SMILES string of the molecule is COc1ccc(S(=O)(=O)c2nnn3c2nc(-c2ccsc2CN)c2sccc23)cc1. The predicted octanol–water partition coefficient (Wildman–Crippen LogP) is 3.37. The Labute approximate surface area is 179 Å². The summed E-state index contributed by atoms with van der Waals surface area (Å²) in [6.07, 6.45) is 0. The first kappa shape index (κ1) is 19.1. The lowest BCUT2D eigenvalue weighted by Crippen LogP contribution is -2.05. The van der Waals surface area contributed by atoms with E-state index in [9.17, 15) is 8.42 Å². The summed E-state index contributed by atoms with van der Waals surface area (Å²) < 4.78 is 34.1. The van der Waals surface area contributed by atoms with Gasteiger partial charge in [-0.05, 0) is 47.2 Å². The zero-order chi connectivity index (χ0) is 20.9. The zero-order valence-electron chi connectivity index (χ0n) is 15.6. The lowest BCUT2D eigenvalue weighted by molar-refractivity contribution is 0.414. The fourth-order valence-electron chi connectivity index (χ4n) is 3.26. The molecule has 0 fully saturated rings. The molecule has 5 aromatic rings. The highest BCUT2D eigenvalue weighted by Crippen LogP contribution is 2.36. The third-order valence-electron chi connectivity index (χ3n) is 4.73. The highest BCUT2D eigenvalue weighted by atomic mass is 32.2. The van der Waals surface area contributed by atoms with Crippen LogP contribution in [0.3, 0.4) is 0 Å². The first-order valence-electron chi connectivity index (χ1n) is 8.83. The van der Waals surface area contributed by atoms with Crippen LogP contribution in [0.15, 0.2) is 57.1 Å². The fourth-order valence-corrected chi connectivity index (χ4v) is 6.12. The Balaban J connectivity index is 1.78. The Morgan fingerprint density at radius 3 is 2.60 bits per heavy atom. The van der Waals surface area contributed by atoms with Gasteiger partial charge in [-0.15, -0.1) is 27.8 Å². The summed E-state index contributed by atoms with van der Waals surface area (Å²) in [5.74, 6) is 0.564. The van der Waals surface area contributed by atoms with Crippen LogP contribution in [0.1, 0.15) is 4.88 Å². The van der Waals surface area contributed by atoms with Crippen molar-refractivity contribution in [3.05, 3.63) is 52.0 Å². The molecule has 0 aliphatic rings. The van der Waals surface area contributed by atoms with Crippen LogP contribution in [-0.2, 0) is 16.4 Å². The van der Waals surface area contributed by atoms with E-state index in [0.29, 0.717) is 18.0 Å². The summed E-state index contributed by atoms with van der Waals surface area (Å²) in [5, 5.41) is 11.8. The predicted molar refractivity (Wildman–Crippen MR) is 116 cm³/mol. The summed E-state index contributed by atoms with van der Waals surface area (Å²) in [4.78, 5) is 5.78. The molecule has 2 N–H and O–H groups in total. The molecule has 0 unspecified atom stereocenters. The molecule has 0 amide bonds. The first-order valence-corrected chi connectivity index (χ1v) is 12.1. The van der Waals surface area contributed by atoms with E-state index in [-0.39, 0.29) is 15.6 Å². The fraction of sp³-hybridized carbons (Fsp3) is 0.105. The van der Waals surface area contributed by atoms with Gasteiger partial charge in [0.25, 0.3) is 0 Å². The maximum Gasteiger partial charge on any atom is 0.229 e. The minimum absolute atomic E-state index is 0.0950. The van der Waals surface area contributed by atoms with Gasteiger partial charge >= 0.3 is 0 Å². The second-order valence-electron chi connectivity index (χ2n) is 6.37. The van der Waals surface area contributed by atoms with E-state index < -0.39 is 9.84 Å². The number of ether oxygens (including phenoxy) is 1. The molecule has 0 bridgehead atoms. The molecular formula is C19H15N5O3S3. The van der Waals surface area contributed by atoms with Gasteiger partial charge in [0.1, 0.15) is 5.75 Å². The van der Waals surface area contributed by atoms with Gasteiger partial charge in [-0.25, -0.2) is 13.4 Å². The molecular weight excluding hydrogens is 442 g/mol. The molecule has 0 radical (unpaired) electrons. The van der Waals surface area contributed by atoms with Crippen molar-refractivity contribution in [1.82, 2.24) is 19.8 Å². The van der Waals surface area contributed by atoms with Gasteiger partial charge in [-0.1, -0.05) is 5.21 Å². The topological polar surface area (TPSA) is 112 Å². The number of aromatic nitrogens is 4. The van der Waals surface area contributed by atoms with E-state index in [1.165, 1.54) is 35.1 Å². The van der Waals surface area contributed by atoms with E-state index >= 15 is 0 Å². The van der Waals surface area contributed by atoms with Crippen molar-refractivity contribution < 1.29 is 13.2 Å². The molecule has 0 aliphatic heterocycles. The van der Waals surface area contributed by atoms with Crippen LogP contribution in [0, 0.1) is 0 Å². The van der Waals surface area contributed by atoms with Crippen LogP contribution in [-0.4, -0.2) is 35.3 Å². The molecule has 0 saturated carbocycles. The first-order chi connectivity index (χ1) is 14.5. The molecule has 0 saturated heterocycles. The Kier molecular flexibility index (Phi) is 4.54. The highest BCUT2D eigenvalue weighted by molar-refractivity contribution is 7.91. The van der Waals surface area contributed by atoms with Crippen molar-refractivity contribution >= 4 is 48.4 Å². The van der Waals surface area contributed by atoms with E-state index in [4.69, 9.17) is 15.5 Å². The molecule has 0 atom stereocenters. The molecule has 8 nitrogen and oxygen atoms in total. The average Bonchev–Trinajstić information content (AvgIpc) is 3.51. The van der Waals surface area contributed by atoms with E-state index in [2.05, 4.69) is 10.3 Å². The summed E-state index contributed by atoms with van der Waals surface area (Å²) >= 11 is 3.06. The second-order valence-corrected chi connectivity index (χ2v) is 10.1. The normalized spacial score (nSPS) is 12.1. The minimum Gasteiger partial charge on any atom is -0.497 e. The largest absolute Gasteiger partial charge is 0.497 e. The summed E-state index contributed by atoms with van der Waals surface area (Å²) in [7, 11) is -2.41. The van der Waals surface area contributed by atoms with Gasteiger partial charge in [0, 0.05) is 17.0 Å². The Morgan fingerprint density at radius 2 is 1.87 bits per heavy atom. The quantitative estimate of drug-likeness (QED) is 0.430. The second kappa shape index (κ2) is 7.13. The lowest BCUT2D eigenvalue weighted by Gasteiger charge is -2.06. The number of sulfone groups is 1. The van der Waals surface area contributed by atoms with Gasteiger partial charge < -0.3 is 10.5 Å². The number of benzene rings is 1. The Bertz CT molecular complexity index is 1480. The number of fused-ring (bicyclic) bond motifs is 3. The summed E-state index contributed by atoms with van der Waals surface area (Å²) in [5.41, 5.74) is 8.40. The van der Waals surface area contributed by atoms with Gasteiger partial charge in [0.05, 0.1) is 27.9 Å². The smallest absolute Gasteiger partial charge is 0.229 e. The Morgan fingerprint density at radius 1 is 1.10 bits per heavy atom. The van der Waals surface area contributed by atoms with Crippen LogP contribution in [0.2, 0.25) is 0 Å². The standard InChI is InChI=1S/C19H15N5O3S3/c1-27-11-2-4-12(5-3-11)30(25,26)19-18-21-16(13-6-8-28-15(13)10-20)17-14(7-9-29-17)24(18)23-22-19/h2-9H,10,20H2,1H3. The van der Waals surface area contributed by atoms with Crippen LogP contribution >= 0.6 is 22.7 Å². The van der Waals surface area contributed by atoms with Crippen molar-refractivity contribution in [2.75, 3.05) is 7.11 Å². The monoisotopic (exact) mass is 457 g/mol. The lowest BCUT2D eigenvalue weighted by atomic mass is 10.1. The molecule has 4 heterocycles.